The molecule has 6 aliphatic carbocycles. The molecule has 14 atom stereocenters. The Kier molecular flexibility index (Phi) is 9.27. The predicted octanol–water partition coefficient (Wildman–Crippen LogP) is 10.0. The Labute approximate surface area is 315 Å². The largest absolute Gasteiger partial charge is 0.393 e. The number of amides is 1. The van der Waals surface area contributed by atoms with Crippen LogP contribution in [0.1, 0.15) is 161 Å². The Morgan fingerprint density at radius 1 is 0.942 bits per heavy atom. The first-order valence-corrected chi connectivity index (χ1v) is 21.7. The van der Waals surface area contributed by atoms with E-state index >= 15 is 0 Å². The van der Waals surface area contributed by atoms with E-state index in [4.69, 9.17) is 15.2 Å². The zero-order chi connectivity index (χ0) is 37.0. The molecule has 2 heterocycles. The Morgan fingerprint density at radius 2 is 1.73 bits per heavy atom. The summed E-state index contributed by atoms with van der Waals surface area (Å²) in [6.45, 7) is 19.7. The Balaban J connectivity index is 0.000000157. The van der Waals surface area contributed by atoms with E-state index in [1.807, 2.05) is 0 Å². The van der Waals surface area contributed by atoms with Crippen LogP contribution < -0.4 is 5.73 Å². The van der Waals surface area contributed by atoms with Gasteiger partial charge in [0.1, 0.15) is 0 Å². The summed E-state index contributed by atoms with van der Waals surface area (Å²) in [4.78, 5) is 12.2. The average molecular weight is 714 g/mol. The number of fused-ring (bicyclic) bond motifs is 10. The summed E-state index contributed by atoms with van der Waals surface area (Å²) in [7, 11) is 0. The molecule has 288 valence electrons. The quantitative estimate of drug-likeness (QED) is 0.299. The fraction of sp³-hybridized carbons (Fsp3) is 0.809. The first kappa shape index (κ1) is 37.2. The molecule has 1 amide bonds. The Morgan fingerprint density at radius 3 is 2.44 bits per heavy atom. The highest BCUT2D eigenvalue weighted by atomic mass is 16.7. The molecule has 3 N–H and O–H groups in total. The normalized spacial score (nSPS) is 49.0. The van der Waals surface area contributed by atoms with Gasteiger partial charge in [0.25, 0.3) is 0 Å². The van der Waals surface area contributed by atoms with Crippen molar-refractivity contribution >= 4 is 5.91 Å². The van der Waals surface area contributed by atoms with Gasteiger partial charge in [-0.1, -0.05) is 91.7 Å². The number of ether oxygens (including phenoxy) is 2. The Bertz CT molecular complexity index is 1570. The molecule has 6 fully saturated rings. The molecule has 0 aromatic heterocycles. The van der Waals surface area contributed by atoms with Crippen molar-refractivity contribution < 1.29 is 19.4 Å². The van der Waals surface area contributed by atoms with Crippen LogP contribution in [0.4, 0.5) is 0 Å². The average Bonchev–Trinajstić information content (AvgIpc) is 3.55. The van der Waals surface area contributed by atoms with E-state index in [2.05, 4.69) is 79.7 Å². The molecule has 9 rings (SSSR count). The van der Waals surface area contributed by atoms with E-state index in [1.54, 1.807) is 5.57 Å². The predicted molar refractivity (Wildman–Crippen MR) is 209 cm³/mol. The standard InChI is InChI=1S/C27H42O3.C20H29NO/c1-16-7-12-27(29-15-16)17(2)24-23(30-27)14-22-20-6-5-18-13-19(28)8-10-25(18,3)21(20)9-11-26(22,24)4;1-13(2)14-6-8-16-15(12-14)7-9-17-19(16,3)10-5-11-20(17,4)18(21)22/h9,16-20,22-24,28H,5-8,10-15H2,1-4H3;6,8,12-13,17H,5,7,9-11H2,1-4H3,(H2,21,22). The SMILES string of the molecule is CC(C)c1ccc2c(c1)CCC1C(C)(C(N)=O)CCCC21C.CC1CCC2(OC1)OC1CC3C4CCC5CC(O)CCC5(C)C4=CCC3(C)C1C2C. The monoisotopic (exact) mass is 714 g/mol. The van der Waals surface area contributed by atoms with Crippen LogP contribution in [0.15, 0.2) is 29.8 Å². The summed E-state index contributed by atoms with van der Waals surface area (Å²) < 4.78 is 13.3. The van der Waals surface area contributed by atoms with E-state index < -0.39 is 0 Å². The number of hydrogen-bond donors (Lipinski definition) is 2. The lowest BCUT2D eigenvalue weighted by atomic mass is 9.48. The topological polar surface area (TPSA) is 81.8 Å². The molecular weight excluding hydrogens is 643 g/mol. The van der Waals surface area contributed by atoms with Crippen molar-refractivity contribution in [2.45, 2.75) is 175 Å². The van der Waals surface area contributed by atoms with Gasteiger partial charge >= 0.3 is 0 Å². The molecule has 2 saturated heterocycles. The van der Waals surface area contributed by atoms with Crippen molar-refractivity contribution in [3.63, 3.8) is 0 Å². The van der Waals surface area contributed by atoms with Crippen LogP contribution in [0.3, 0.4) is 0 Å². The van der Waals surface area contributed by atoms with Gasteiger partial charge < -0.3 is 20.3 Å². The van der Waals surface area contributed by atoms with E-state index in [0.717, 1.165) is 63.4 Å². The maximum atomic E-state index is 12.2. The van der Waals surface area contributed by atoms with Gasteiger partial charge in [-0.3, -0.25) is 4.79 Å². The van der Waals surface area contributed by atoms with Crippen LogP contribution in [-0.4, -0.2) is 35.6 Å². The summed E-state index contributed by atoms with van der Waals surface area (Å²) in [6, 6.07) is 7.02. The molecule has 5 nitrogen and oxygen atoms in total. The summed E-state index contributed by atoms with van der Waals surface area (Å²) in [5, 5.41) is 10.3. The van der Waals surface area contributed by atoms with Crippen LogP contribution in [-0.2, 0) is 26.1 Å². The van der Waals surface area contributed by atoms with Gasteiger partial charge in [-0.15, -0.1) is 0 Å². The number of allylic oxidation sites excluding steroid dienone is 2. The lowest BCUT2D eigenvalue weighted by Gasteiger charge is -2.57. The van der Waals surface area contributed by atoms with E-state index in [-0.39, 0.29) is 28.6 Å². The first-order chi connectivity index (χ1) is 24.6. The third kappa shape index (κ3) is 5.49. The number of primary amides is 1. The molecule has 0 radical (unpaired) electrons. The Hall–Kier alpha value is -1.69. The number of aryl methyl sites for hydroxylation is 1. The van der Waals surface area contributed by atoms with Gasteiger partial charge in [-0.2, -0.15) is 0 Å². The fourth-order valence-electron chi connectivity index (χ4n) is 14.7. The minimum absolute atomic E-state index is 0.0661. The molecule has 0 bridgehead atoms. The molecule has 5 heteroatoms. The van der Waals surface area contributed by atoms with Gasteiger partial charge in [-0.25, -0.2) is 0 Å². The number of carbonyl (C=O) groups excluding carboxylic acids is 1. The fourth-order valence-corrected chi connectivity index (χ4v) is 14.7. The van der Waals surface area contributed by atoms with Crippen LogP contribution in [0, 0.1) is 57.7 Å². The maximum absolute atomic E-state index is 12.2. The second-order valence-electron chi connectivity index (χ2n) is 20.9. The zero-order valence-electron chi connectivity index (χ0n) is 33.9. The van der Waals surface area contributed by atoms with Crippen molar-refractivity contribution in [3.05, 3.63) is 46.5 Å². The third-order valence-corrected chi connectivity index (χ3v) is 17.9. The van der Waals surface area contributed by atoms with Crippen molar-refractivity contribution in [2.75, 3.05) is 6.61 Å². The van der Waals surface area contributed by atoms with E-state index in [0.29, 0.717) is 52.4 Å². The number of benzene rings is 1. The second-order valence-corrected chi connectivity index (χ2v) is 20.9. The highest BCUT2D eigenvalue weighted by molar-refractivity contribution is 5.81. The molecule has 1 aromatic carbocycles. The number of aliphatic hydroxyl groups excluding tert-OH is 1. The minimum Gasteiger partial charge on any atom is -0.393 e. The van der Waals surface area contributed by atoms with Crippen LogP contribution in [0.5, 0.6) is 0 Å². The molecule has 1 aromatic rings. The highest BCUT2D eigenvalue weighted by Gasteiger charge is 2.68. The van der Waals surface area contributed by atoms with E-state index in [9.17, 15) is 9.90 Å². The molecule has 52 heavy (non-hydrogen) atoms. The van der Waals surface area contributed by atoms with Crippen LogP contribution in [0.25, 0.3) is 0 Å². The van der Waals surface area contributed by atoms with Gasteiger partial charge in [0.15, 0.2) is 5.79 Å². The summed E-state index contributed by atoms with van der Waals surface area (Å²) in [5.41, 5.74) is 12.4. The zero-order valence-corrected chi connectivity index (χ0v) is 33.9. The lowest BCUT2D eigenvalue weighted by Crippen LogP contribution is -2.54. The third-order valence-electron chi connectivity index (χ3n) is 17.9. The summed E-state index contributed by atoms with van der Waals surface area (Å²) in [6.07, 6.45) is 19.0. The minimum atomic E-state index is -0.346. The van der Waals surface area contributed by atoms with Crippen molar-refractivity contribution in [1.82, 2.24) is 0 Å². The number of carbonyl (C=O) groups is 1. The number of rotatable bonds is 2. The van der Waals surface area contributed by atoms with Gasteiger partial charge in [-0.05, 0) is 151 Å². The summed E-state index contributed by atoms with van der Waals surface area (Å²) in [5.74, 6) is 4.52. The molecule has 4 saturated carbocycles. The number of hydrogen-bond acceptors (Lipinski definition) is 4. The van der Waals surface area contributed by atoms with Crippen molar-refractivity contribution in [3.8, 4) is 0 Å². The van der Waals surface area contributed by atoms with Gasteiger partial charge in [0, 0.05) is 17.8 Å². The van der Waals surface area contributed by atoms with Crippen molar-refractivity contribution in [2.24, 2.45) is 63.4 Å². The highest BCUT2D eigenvalue weighted by Crippen LogP contribution is 2.70. The lowest BCUT2D eigenvalue weighted by molar-refractivity contribution is -0.272. The van der Waals surface area contributed by atoms with Crippen LogP contribution >= 0.6 is 0 Å². The molecular formula is C47H71NO4. The number of aliphatic hydroxyl groups is 1. The van der Waals surface area contributed by atoms with E-state index in [1.165, 1.54) is 61.6 Å². The first-order valence-electron chi connectivity index (χ1n) is 21.7. The molecule has 14 unspecified atom stereocenters. The van der Waals surface area contributed by atoms with Gasteiger partial charge in [0.2, 0.25) is 5.91 Å². The second kappa shape index (κ2) is 12.9. The molecule has 1 spiro atoms. The van der Waals surface area contributed by atoms with Gasteiger partial charge in [0.05, 0.1) is 18.8 Å². The maximum Gasteiger partial charge on any atom is 0.223 e. The summed E-state index contributed by atoms with van der Waals surface area (Å²) >= 11 is 0. The number of nitrogens with two attached hydrogens (primary N) is 1. The smallest absolute Gasteiger partial charge is 0.223 e. The molecule has 2 aliphatic heterocycles. The van der Waals surface area contributed by atoms with Crippen molar-refractivity contribution in [1.29, 1.82) is 0 Å². The molecule has 8 aliphatic rings. The van der Waals surface area contributed by atoms with Crippen LogP contribution in [0.2, 0.25) is 0 Å².